The number of thiophene rings is 1. The molecule has 34 heavy (non-hydrogen) atoms. The molecule has 3 aromatic rings. The Morgan fingerprint density at radius 2 is 1.85 bits per heavy atom. The monoisotopic (exact) mass is 480 g/mol. The van der Waals surface area contributed by atoms with E-state index in [1.807, 2.05) is 34.5 Å². The van der Waals surface area contributed by atoms with Crippen molar-refractivity contribution in [2.75, 3.05) is 32.2 Å². The minimum atomic E-state index is -0.531. The molecule has 0 aliphatic carbocycles. The summed E-state index contributed by atoms with van der Waals surface area (Å²) in [6.45, 7) is 0.694. The number of carbonyl (C=O) groups is 2. The topological polar surface area (TPSA) is 59.1 Å². The summed E-state index contributed by atoms with van der Waals surface area (Å²) in [7, 11) is 3.20. The van der Waals surface area contributed by atoms with Gasteiger partial charge in [0, 0.05) is 24.4 Å². The first-order chi connectivity index (χ1) is 16.5. The molecule has 176 valence electrons. The van der Waals surface area contributed by atoms with Crippen LogP contribution in [0, 0.1) is 11.7 Å². The Bertz CT molecular complexity index is 1230. The maximum absolute atomic E-state index is 14.3. The van der Waals surface area contributed by atoms with Gasteiger partial charge in [0.25, 0.3) is 0 Å². The molecule has 0 N–H and O–H groups in total. The van der Waals surface area contributed by atoms with Crippen LogP contribution < -0.4 is 14.4 Å². The van der Waals surface area contributed by atoms with Crippen molar-refractivity contribution in [1.29, 1.82) is 0 Å². The number of methoxy groups -OCH3 is 2. The number of para-hydroxylation sites is 1. The van der Waals surface area contributed by atoms with E-state index in [2.05, 4.69) is 0 Å². The van der Waals surface area contributed by atoms with E-state index in [0.29, 0.717) is 24.5 Å². The van der Waals surface area contributed by atoms with Crippen molar-refractivity contribution in [3.8, 4) is 11.5 Å². The average Bonchev–Trinajstić information content (AvgIpc) is 3.52. The zero-order chi connectivity index (χ0) is 23.8. The van der Waals surface area contributed by atoms with Crippen molar-refractivity contribution in [3.05, 3.63) is 75.7 Å². The number of hydrogen-bond acceptors (Lipinski definition) is 5. The molecule has 0 bridgehead atoms. The first-order valence-corrected chi connectivity index (χ1v) is 12.0. The van der Waals surface area contributed by atoms with Crippen LogP contribution in [-0.4, -0.2) is 44.0 Å². The van der Waals surface area contributed by atoms with Gasteiger partial charge in [0.2, 0.25) is 11.8 Å². The molecule has 1 fully saturated rings. The third kappa shape index (κ3) is 3.81. The van der Waals surface area contributed by atoms with Gasteiger partial charge in [-0.25, -0.2) is 4.39 Å². The smallest absolute Gasteiger partial charge is 0.228 e. The number of anilines is 1. The number of fused-ring (bicyclic) bond motifs is 1. The van der Waals surface area contributed by atoms with Gasteiger partial charge in [0.15, 0.2) is 11.5 Å². The summed E-state index contributed by atoms with van der Waals surface area (Å²) in [4.78, 5) is 30.8. The lowest BCUT2D eigenvalue weighted by atomic mass is 9.89. The van der Waals surface area contributed by atoms with Crippen molar-refractivity contribution in [2.24, 2.45) is 5.92 Å². The predicted octanol–water partition coefficient (Wildman–Crippen LogP) is 4.43. The zero-order valence-electron chi connectivity index (χ0n) is 19.0. The second kappa shape index (κ2) is 9.10. The SMILES string of the molecule is COc1cc2c(cc1OC)C(c1cccs1)N(C(=O)C1CC(=O)N(c3ccccc3F)C1)CC2. The Hall–Kier alpha value is -3.39. The molecule has 2 aliphatic rings. The highest BCUT2D eigenvalue weighted by Gasteiger charge is 2.42. The summed E-state index contributed by atoms with van der Waals surface area (Å²) in [5.41, 5.74) is 2.32. The first-order valence-electron chi connectivity index (χ1n) is 11.2. The lowest BCUT2D eigenvalue weighted by Crippen LogP contribution is -2.44. The highest BCUT2D eigenvalue weighted by Crippen LogP contribution is 2.43. The number of nitrogens with zero attached hydrogens (tertiary/aromatic N) is 2. The van der Waals surface area contributed by atoms with Gasteiger partial charge in [0.1, 0.15) is 5.82 Å². The quantitative estimate of drug-likeness (QED) is 0.542. The molecule has 1 aromatic heterocycles. The van der Waals surface area contributed by atoms with Crippen LogP contribution >= 0.6 is 11.3 Å². The van der Waals surface area contributed by atoms with E-state index in [0.717, 1.165) is 16.0 Å². The molecule has 6 nitrogen and oxygen atoms in total. The van der Waals surface area contributed by atoms with Crippen LogP contribution in [0.15, 0.2) is 53.9 Å². The highest BCUT2D eigenvalue weighted by molar-refractivity contribution is 7.10. The largest absolute Gasteiger partial charge is 0.493 e. The fraction of sp³-hybridized carbons (Fsp3) is 0.308. The first kappa shape index (κ1) is 22.4. The number of hydrogen-bond donors (Lipinski definition) is 0. The van der Waals surface area contributed by atoms with Crippen LogP contribution in [-0.2, 0) is 16.0 Å². The average molecular weight is 481 g/mol. The Morgan fingerprint density at radius 1 is 1.09 bits per heavy atom. The normalized spacial score (nSPS) is 19.8. The minimum Gasteiger partial charge on any atom is -0.493 e. The maximum Gasteiger partial charge on any atom is 0.228 e. The van der Waals surface area contributed by atoms with E-state index >= 15 is 0 Å². The maximum atomic E-state index is 14.3. The van der Waals surface area contributed by atoms with Gasteiger partial charge in [-0.3, -0.25) is 9.59 Å². The molecule has 0 spiro atoms. The molecule has 0 radical (unpaired) electrons. The van der Waals surface area contributed by atoms with Crippen LogP contribution in [0.2, 0.25) is 0 Å². The Morgan fingerprint density at radius 3 is 2.56 bits per heavy atom. The molecule has 1 saturated heterocycles. The van der Waals surface area contributed by atoms with E-state index in [1.54, 1.807) is 43.8 Å². The summed E-state index contributed by atoms with van der Waals surface area (Å²) >= 11 is 1.59. The lowest BCUT2D eigenvalue weighted by molar-refractivity contribution is -0.137. The van der Waals surface area contributed by atoms with Crippen molar-refractivity contribution in [1.82, 2.24) is 4.90 Å². The summed E-state index contributed by atoms with van der Waals surface area (Å²) in [6, 6.07) is 13.8. The van der Waals surface area contributed by atoms with Crippen molar-refractivity contribution < 1.29 is 23.5 Å². The van der Waals surface area contributed by atoms with Gasteiger partial charge in [0.05, 0.1) is 31.9 Å². The van der Waals surface area contributed by atoms with Gasteiger partial charge in [-0.15, -0.1) is 11.3 Å². The highest BCUT2D eigenvalue weighted by atomic mass is 32.1. The summed E-state index contributed by atoms with van der Waals surface area (Å²) in [5.74, 6) is -0.0534. The molecule has 0 saturated carbocycles. The standard InChI is InChI=1S/C26H25FN2O4S/c1-32-21-12-16-9-10-28(25(23-8-5-11-34-23)18(16)14-22(21)33-2)26(31)17-13-24(30)29(15-17)20-7-4-3-6-19(20)27/h3-8,11-12,14,17,25H,9-10,13,15H2,1-2H3. The number of rotatable bonds is 5. The molecule has 2 unspecified atom stereocenters. The van der Waals surface area contributed by atoms with Crippen LogP contribution in [0.5, 0.6) is 11.5 Å². The van der Waals surface area contributed by atoms with Crippen molar-refractivity contribution in [3.63, 3.8) is 0 Å². The molecular weight excluding hydrogens is 455 g/mol. The van der Waals surface area contributed by atoms with E-state index in [-0.39, 0.29) is 36.5 Å². The molecule has 2 atom stereocenters. The third-order valence-corrected chi connectivity index (χ3v) is 7.51. The van der Waals surface area contributed by atoms with E-state index < -0.39 is 11.7 Å². The van der Waals surface area contributed by atoms with Crippen LogP contribution in [0.25, 0.3) is 0 Å². The molecular formula is C26H25FN2O4S. The van der Waals surface area contributed by atoms with Gasteiger partial charge in [-0.05, 0) is 53.3 Å². The molecule has 2 amide bonds. The molecule has 2 aromatic carbocycles. The lowest BCUT2D eigenvalue weighted by Gasteiger charge is -2.38. The molecule has 8 heteroatoms. The van der Waals surface area contributed by atoms with Crippen LogP contribution in [0.1, 0.15) is 28.5 Å². The Balaban J connectivity index is 1.48. The second-order valence-electron chi connectivity index (χ2n) is 8.46. The summed E-state index contributed by atoms with van der Waals surface area (Å²) in [5, 5.41) is 1.99. The number of carbonyl (C=O) groups excluding carboxylic acids is 2. The van der Waals surface area contributed by atoms with Crippen LogP contribution in [0.4, 0.5) is 10.1 Å². The van der Waals surface area contributed by atoms with Crippen molar-refractivity contribution >= 4 is 28.8 Å². The number of benzene rings is 2. The van der Waals surface area contributed by atoms with E-state index in [1.165, 1.54) is 11.0 Å². The van der Waals surface area contributed by atoms with Crippen LogP contribution in [0.3, 0.4) is 0 Å². The number of amides is 2. The molecule has 3 heterocycles. The third-order valence-electron chi connectivity index (χ3n) is 6.59. The van der Waals surface area contributed by atoms with Gasteiger partial charge < -0.3 is 19.3 Å². The fourth-order valence-electron chi connectivity index (χ4n) is 4.95. The number of ether oxygens (including phenoxy) is 2. The van der Waals surface area contributed by atoms with E-state index in [4.69, 9.17) is 9.47 Å². The number of halogens is 1. The molecule has 5 rings (SSSR count). The van der Waals surface area contributed by atoms with Gasteiger partial charge in [-0.2, -0.15) is 0 Å². The predicted molar refractivity (Wildman–Crippen MR) is 128 cm³/mol. The Labute approximate surface area is 201 Å². The zero-order valence-corrected chi connectivity index (χ0v) is 19.8. The van der Waals surface area contributed by atoms with E-state index in [9.17, 15) is 14.0 Å². The van der Waals surface area contributed by atoms with Gasteiger partial charge in [-0.1, -0.05) is 18.2 Å². The van der Waals surface area contributed by atoms with Gasteiger partial charge >= 0.3 is 0 Å². The molecule has 2 aliphatic heterocycles. The Kier molecular flexibility index (Phi) is 6.00. The van der Waals surface area contributed by atoms with Crippen molar-refractivity contribution in [2.45, 2.75) is 18.9 Å². The second-order valence-corrected chi connectivity index (χ2v) is 9.44. The fourth-order valence-corrected chi connectivity index (χ4v) is 5.80. The summed E-state index contributed by atoms with van der Waals surface area (Å²) in [6.07, 6.45) is 0.737. The summed E-state index contributed by atoms with van der Waals surface area (Å²) < 4.78 is 25.4. The minimum absolute atomic E-state index is 0.0691.